The van der Waals surface area contributed by atoms with Gasteiger partial charge in [-0.1, -0.05) is 6.07 Å². The first-order valence-corrected chi connectivity index (χ1v) is 6.39. The predicted octanol–water partition coefficient (Wildman–Crippen LogP) is 0.554. The number of nitriles is 1. The predicted molar refractivity (Wildman–Crippen MR) is 73.6 cm³/mol. The number of nitrogens with two attached hydrogens (primary N) is 1. The summed E-state index contributed by atoms with van der Waals surface area (Å²) in [6.45, 7) is 1.95. The van der Waals surface area contributed by atoms with Crippen molar-refractivity contribution in [3.63, 3.8) is 0 Å². The van der Waals surface area contributed by atoms with Gasteiger partial charge in [0.2, 0.25) is 5.91 Å². The van der Waals surface area contributed by atoms with E-state index in [9.17, 15) is 4.79 Å². The molecule has 0 aliphatic carbocycles. The Hall–Kier alpha value is -1.90. The van der Waals surface area contributed by atoms with E-state index in [2.05, 4.69) is 6.07 Å². The van der Waals surface area contributed by atoms with Crippen LogP contribution in [0, 0.1) is 11.3 Å². The fourth-order valence-corrected chi connectivity index (χ4v) is 2.39. The molecule has 0 bridgehead atoms. The third kappa shape index (κ3) is 2.75. The maximum atomic E-state index is 12.5. The lowest BCUT2D eigenvalue weighted by molar-refractivity contribution is -0.125. The standard InChI is InChI=1S/C14H18N4O/c1-17-7-8-18(14(19)13(17)5-6-15)12-4-2-3-11(9-12)10-16/h2-4,9,13H,5-8,15H2,1H3. The molecule has 19 heavy (non-hydrogen) atoms. The maximum Gasteiger partial charge on any atom is 0.244 e. The van der Waals surface area contributed by atoms with Crippen LogP contribution in [0.3, 0.4) is 0 Å². The molecule has 0 aromatic heterocycles. The van der Waals surface area contributed by atoms with E-state index in [0.29, 0.717) is 25.1 Å². The number of piperazine rings is 1. The van der Waals surface area contributed by atoms with Crippen molar-refractivity contribution in [3.8, 4) is 6.07 Å². The van der Waals surface area contributed by atoms with Crippen LogP contribution in [-0.2, 0) is 4.79 Å². The summed E-state index contributed by atoms with van der Waals surface area (Å²) in [7, 11) is 1.95. The smallest absolute Gasteiger partial charge is 0.244 e. The average Bonchev–Trinajstić information content (AvgIpc) is 2.43. The number of hydrogen-bond acceptors (Lipinski definition) is 4. The molecule has 1 saturated heterocycles. The second-order valence-electron chi connectivity index (χ2n) is 4.73. The van der Waals surface area contributed by atoms with Gasteiger partial charge in [-0.15, -0.1) is 0 Å². The van der Waals surface area contributed by atoms with Crippen molar-refractivity contribution in [1.82, 2.24) is 4.90 Å². The quantitative estimate of drug-likeness (QED) is 0.859. The monoisotopic (exact) mass is 258 g/mol. The van der Waals surface area contributed by atoms with Gasteiger partial charge in [0.15, 0.2) is 0 Å². The van der Waals surface area contributed by atoms with Crippen LogP contribution >= 0.6 is 0 Å². The SMILES string of the molecule is CN1CCN(c2cccc(C#N)c2)C(=O)C1CCN. The van der Waals surface area contributed by atoms with Crippen LogP contribution in [0.2, 0.25) is 0 Å². The van der Waals surface area contributed by atoms with Gasteiger partial charge < -0.3 is 10.6 Å². The summed E-state index contributed by atoms with van der Waals surface area (Å²) in [5.74, 6) is 0.0642. The van der Waals surface area contributed by atoms with E-state index >= 15 is 0 Å². The lowest BCUT2D eigenvalue weighted by Crippen LogP contribution is -2.56. The fourth-order valence-electron chi connectivity index (χ4n) is 2.39. The number of nitrogens with zero attached hydrogens (tertiary/aromatic N) is 3. The molecule has 1 unspecified atom stereocenters. The van der Waals surface area contributed by atoms with E-state index < -0.39 is 0 Å². The van der Waals surface area contributed by atoms with Gasteiger partial charge in [-0.25, -0.2) is 0 Å². The molecular formula is C14H18N4O. The Kier molecular flexibility index (Phi) is 4.15. The fraction of sp³-hybridized carbons (Fsp3) is 0.429. The molecule has 1 aliphatic heterocycles. The Morgan fingerprint density at radius 3 is 2.95 bits per heavy atom. The first kappa shape index (κ1) is 13.5. The Morgan fingerprint density at radius 1 is 1.47 bits per heavy atom. The van der Waals surface area contributed by atoms with Crippen molar-refractivity contribution >= 4 is 11.6 Å². The summed E-state index contributed by atoms with van der Waals surface area (Å²) in [5.41, 5.74) is 6.93. The molecule has 1 amide bonds. The molecule has 5 nitrogen and oxygen atoms in total. The van der Waals surface area contributed by atoms with E-state index in [1.807, 2.05) is 18.0 Å². The second-order valence-corrected chi connectivity index (χ2v) is 4.73. The summed E-state index contributed by atoms with van der Waals surface area (Å²) in [4.78, 5) is 16.3. The van der Waals surface area contributed by atoms with Gasteiger partial charge in [-0.05, 0) is 38.2 Å². The zero-order chi connectivity index (χ0) is 13.8. The largest absolute Gasteiger partial charge is 0.330 e. The van der Waals surface area contributed by atoms with Gasteiger partial charge in [0.25, 0.3) is 0 Å². The highest BCUT2D eigenvalue weighted by Gasteiger charge is 2.32. The Balaban J connectivity index is 2.25. The Labute approximate surface area is 113 Å². The average molecular weight is 258 g/mol. The van der Waals surface area contributed by atoms with Gasteiger partial charge in [0.1, 0.15) is 0 Å². The zero-order valence-electron chi connectivity index (χ0n) is 11.0. The molecule has 1 aliphatic rings. The van der Waals surface area contributed by atoms with Crippen LogP contribution in [0.4, 0.5) is 5.69 Å². The van der Waals surface area contributed by atoms with E-state index in [-0.39, 0.29) is 11.9 Å². The van der Waals surface area contributed by atoms with E-state index in [4.69, 9.17) is 11.0 Å². The van der Waals surface area contributed by atoms with Crippen molar-refractivity contribution < 1.29 is 4.79 Å². The molecule has 1 heterocycles. The van der Waals surface area contributed by atoms with Gasteiger partial charge in [-0.3, -0.25) is 9.69 Å². The number of carbonyl (C=O) groups is 1. The summed E-state index contributed by atoms with van der Waals surface area (Å²) in [6, 6.07) is 9.09. The van der Waals surface area contributed by atoms with E-state index in [0.717, 1.165) is 12.2 Å². The number of benzene rings is 1. The van der Waals surface area contributed by atoms with Gasteiger partial charge in [0.05, 0.1) is 17.7 Å². The lowest BCUT2D eigenvalue weighted by atomic mass is 10.1. The van der Waals surface area contributed by atoms with Gasteiger partial charge >= 0.3 is 0 Å². The number of anilines is 1. The summed E-state index contributed by atoms with van der Waals surface area (Å²) >= 11 is 0. The number of amides is 1. The van der Waals surface area contributed by atoms with Gasteiger partial charge in [0, 0.05) is 18.8 Å². The number of carbonyl (C=O) groups excluding carboxylic acids is 1. The molecule has 1 fully saturated rings. The molecule has 2 N–H and O–H groups in total. The maximum absolute atomic E-state index is 12.5. The van der Waals surface area contributed by atoms with Crippen LogP contribution in [0.25, 0.3) is 0 Å². The zero-order valence-corrected chi connectivity index (χ0v) is 11.0. The van der Waals surface area contributed by atoms with Gasteiger partial charge in [-0.2, -0.15) is 5.26 Å². The minimum Gasteiger partial charge on any atom is -0.330 e. The molecule has 100 valence electrons. The normalized spacial score (nSPS) is 20.4. The Bertz CT molecular complexity index is 508. The van der Waals surface area contributed by atoms with Crippen LogP contribution in [0.15, 0.2) is 24.3 Å². The van der Waals surface area contributed by atoms with Crippen molar-refractivity contribution in [1.29, 1.82) is 5.26 Å². The highest BCUT2D eigenvalue weighted by molar-refractivity contribution is 5.98. The third-order valence-electron chi connectivity index (χ3n) is 3.49. The number of rotatable bonds is 3. The number of likely N-dealkylation sites (N-methyl/N-ethyl adjacent to an activating group) is 1. The van der Waals surface area contributed by atoms with Crippen molar-refractivity contribution in [2.45, 2.75) is 12.5 Å². The third-order valence-corrected chi connectivity index (χ3v) is 3.49. The summed E-state index contributed by atoms with van der Waals surface area (Å²) in [5, 5.41) is 8.93. The van der Waals surface area contributed by atoms with Crippen molar-refractivity contribution in [3.05, 3.63) is 29.8 Å². The second kappa shape index (κ2) is 5.83. The topological polar surface area (TPSA) is 73.4 Å². The first-order chi connectivity index (χ1) is 9.17. The van der Waals surface area contributed by atoms with Crippen LogP contribution < -0.4 is 10.6 Å². The molecule has 1 aromatic rings. The minimum absolute atomic E-state index is 0.0642. The number of hydrogen-bond donors (Lipinski definition) is 1. The van der Waals surface area contributed by atoms with Crippen LogP contribution in [0.5, 0.6) is 0 Å². The molecule has 0 spiro atoms. The van der Waals surface area contributed by atoms with E-state index in [1.54, 1.807) is 23.1 Å². The summed E-state index contributed by atoms with van der Waals surface area (Å²) in [6.07, 6.45) is 0.657. The lowest BCUT2D eigenvalue weighted by Gasteiger charge is -2.38. The molecule has 1 aromatic carbocycles. The highest BCUT2D eigenvalue weighted by Crippen LogP contribution is 2.21. The first-order valence-electron chi connectivity index (χ1n) is 6.39. The molecule has 0 saturated carbocycles. The van der Waals surface area contributed by atoms with Crippen LogP contribution in [-0.4, -0.2) is 43.5 Å². The molecule has 5 heteroatoms. The summed E-state index contributed by atoms with van der Waals surface area (Å²) < 4.78 is 0. The van der Waals surface area contributed by atoms with E-state index in [1.165, 1.54) is 0 Å². The van der Waals surface area contributed by atoms with Crippen LogP contribution in [0.1, 0.15) is 12.0 Å². The molecule has 1 atom stereocenters. The molecular weight excluding hydrogens is 240 g/mol. The molecule has 2 rings (SSSR count). The Morgan fingerprint density at radius 2 is 2.26 bits per heavy atom. The molecule has 0 radical (unpaired) electrons. The highest BCUT2D eigenvalue weighted by atomic mass is 16.2. The minimum atomic E-state index is -0.163. The van der Waals surface area contributed by atoms with Crippen molar-refractivity contribution in [2.75, 3.05) is 31.6 Å². The van der Waals surface area contributed by atoms with Crippen molar-refractivity contribution in [2.24, 2.45) is 5.73 Å².